The van der Waals surface area contributed by atoms with Crippen molar-refractivity contribution in [3.05, 3.63) is 0 Å². The van der Waals surface area contributed by atoms with Crippen molar-refractivity contribution in [2.75, 3.05) is 13.1 Å². The van der Waals surface area contributed by atoms with Gasteiger partial charge in [-0.15, -0.1) is 12.3 Å². The quantitative estimate of drug-likeness (QED) is 0.563. The molecule has 2 aliphatic rings. The Hall–Kier alpha value is -1.54. The fourth-order valence-electron chi connectivity index (χ4n) is 3.03. The average Bonchev–Trinajstić information content (AvgIpc) is 2.60. The number of hydrogen-bond acceptors (Lipinski definition) is 3. The van der Waals surface area contributed by atoms with Crippen molar-refractivity contribution in [1.29, 1.82) is 0 Å². The molecule has 1 saturated carbocycles. The fourth-order valence-corrected chi connectivity index (χ4v) is 3.03. The van der Waals surface area contributed by atoms with E-state index in [1.165, 1.54) is 4.90 Å². The number of rotatable bonds is 3. The maximum Gasteiger partial charge on any atom is 0.325 e. The minimum absolute atomic E-state index is 0.0403. The highest BCUT2D eigenvalue weighted by Gasteiger charge is 2.55. The van der Waals surface area contributed by atoms with Gasteiger partial charge in [0, 0.05) is 18.9 Å². The van der Waals surface area contributed by atoms with E-state index in [4.69, 9.17) is 12.2 Å². The molecule has 5 heteroatoms. The van der Waals surface area contributed by atoms with Gasteiger partial charge in [-0.1, -0.05) is 12.8 Å². The molecular weight excluding hydrogens is 230 g/mol. The number of amides is 3. The molecule has 2 unspecified atom stereocenters. The van der Waals surface area contributed by atoms with Gasteiger partial charge in [0.05, 0.1) is 0 Å². The van der Waals surface area contributed by atoms with Crippen LogP contribution in [0.1, 0.15) is 32.1 Å². The zero-order valence-corrected chi connectivity index (χ0v) is 10.4. The zero-order valence-electron chi connectivity index (χ0n) is 10.4. The SMILES string of the molecule is C#CCCN1C(=O)NC2(CCCCC2CN)C1=O. The summed E-state index contributed by atoms with van der Waals surface area (Å²) in [6.45, 7) is 0.717. The normalized spacial score (nSPS) is 31.6. The molecule has 0 aromatic heterocycles. The lowest BCUT2D eigenvalue weighted by Crippen LogP contribution is -2.57. The van der Waals surface area contributed by atoms with E-state index < -0.39 is 5.54 Å². The highest BCUT2D eigenvalue weighted by Crippen LogP contribution is 2.37. The molecule has 0 aromatic carbocycles. The predicted octanol–water partition coefficient (Wildman–Crippen LogP) is 0.449. The van der Waals surface area contributed by atoms with Crippen molar-refractivity contribution in [2.24, 2.45) is 11.7 Å². The average molecular weight is 249 g/mol. The molecule has 1 aliphatic heterocycles. The van der Waals surface area contributed by atoms with E-state index in [2.05, 4.69) is 11.2 Å². The van der Waals surface area contributed by atoms with E-state index >= 15 is 0 Å². The smallest absolute Gasteiger partial charge is 0.325 e. The number of hydrogen-bond donors (Lipinski definition) is 2. The fraction of sp³-hybridized carbons (Fsp3) is 0.692. The van der Waals surface area contributed by atoms with Gasteiger partial charge in [-0.2, -0.15) is 0 Å². The molecule has 1 saturated heterocycles. The Bertz CT molecular complexity index is 402. The van der Waals surface area contributed by atoms with Crippen LogP contribution in [0, 0.1) is 18.3 Å². The Balaban J connectivity index is 2.21. The number of urea groups is 1. The molecule has 1 aliphatic carbocycles. The van der Waals surface area contributed by atoms with Gasteiger partial charge in [0.1, 0.15) is 5.54 Å². The summed E-state index contributed by atoms with van der Waals surface area (Å²) in [6, 6.07) is -0.324. The lowest BCUT2D eigenvalue weighted by atomic mass is 9.72. The number of nitrogens with two attached hydrogens (primary N) is 1. The topological polar surface area (TPSA) is 75.4 Å². The van der Waals surface area contributed by atoms with Crippen LogP contribution in [0.3, 0.4) is 0 Å². The Morgan fingerprint density at radius 3 is 2.94 bits per heavy atom. The summed E-state index contributed by atoms with van der Waals surface area (Å²) >= 11 is 0. The summed E-state index contributed by atoms with van der Waals surface area (Å²) in [5.41, 5.74) is 4.99. The van der Waals surface area contributed by atoms with E-state index in [1.54, 1.807) is 0 Å². The van der Waals surface area contributed by atoms with Gasteiger partial charge in [-0.05, 0) is 19.4 Å². The monoisotopic (exact) mass is 249 g/mol. The maximum absolute atomic E-state index is 12.5. The molecule has 1 heterocycles. The van der Waals surface area contributed by atoms with Crippen LogP contribution in [-0.2, 0) is 4.79 Å². The summed E-state index contributed by atoms with van der Waals surface area (Å²) in [5, 5.41) is 2.87. The third-order valence-electron chi connectivity index (χ3n) is 4.04. The van der Waals surface area contributed by atoms with Crippen molar-refractivity contribution >= 4 is 11.9 Å². The highest BCUT2D eigenvalue weighted by molar-refractivity contribution is 6.07. The lowest BCUT2D eigenvalue weighted by molar-refractivity contribution is -0.134. The van der Waals surface area contributed by atoms with Crippen LogP contribution in [0.4, 0.5) is 4.79 Å². The zero-order chi connectivity index (χ0) is 13.2. The van der Waals surface area contributed by atoms with Gasteiger partial charge < -0.3 is 11.1 Å². The second kappa shape index (κ2) is 4.99. The van der Waals surface area contributed by atoms with Gasteiger partial charge in [-0.3, -0.25) is 9.69 Å². The second-order valence-electron chi connectivity index (χ2n) is 4.99. The maximum atomic E-state index is 12.5. The van der Waals surface area contributed by atoms with E-state index in [0.717, 1.165) is 19.3 Å². The van der Waals surface area contributed by atoms with E-state index in [0.29, 0.717) is 25.9 Å². The van der Waals surface area contributed by atoms with Gasteiger partial charge in [0.2, 0.25) is 0 Å². The van der Waals surface area contributed by atoms with Crippen molar-refractivity contribution < 1.29 is 9.59 Å². The van der Waals surface area contributed by atoms with Crippen LogP contribution in [0.2, 0.25) is 0 Å². The van der Waals surface area contributed by atoms with Crippen LogP contribution in [-0.4, -0.2) is 35.5 Å². The van der Waals surface area contributed by atoms with Gasteiger partial charge in [0.25, 0.3) is 5.91 Å². The third kappa shape index (κ3) is 1.87. The van der Waals surface area contributed by atoms with Crippen LogP contribution in [0.5, 0.6) is 0 Å². The lowest BCUT2D eigenvalue weighted by Gasteiger charge is -2.38. The first-order valence-corrected chi connectivity index (χ1v) is 6.43. The number of nitrogens with one attached hydrogen (secondary N) is 1. The molecule has 1 spiro atoms. The molecule has 18 heavy (non-hydrogen) atoms. The van der Waals surface area contributed by atoms with Gasteiger partial charge >= 0.3 is 6.03 Å². The molecule has 5 nitrogen and oxygen atoms in total. The molecule has 2 atom stereocenters. The summed E-state index contributed by atoms with van der Waals surface area (Å²) in [4.78, 5) is 25.6. The van der Waals surface area contributed by atoms with Crippen molar-refractivity contribution in [1.82, 2.24) is 10.2 Å². The predicted molar refractivity (Wildman–Crippen MR) is 67.4 cm³/mol. The molecule has 3 amide bonds. The van der Waals surface area contributed by atoms with Crippen molar-refractivity contribution in [3.8, 4) is 12.3 Å². The molecule has 2 fully saturated rings. The molecule has 98 valence electrons. The minimum Gasteiger partial charge on any atom is -0.330 e. The molecular formula is C13H19N3O2. The molecule has 0 radical (unpaired) electrons. The second-order valence-corrected chi connectivity index (χ2v) is 4.99. The largest absolute Gasteiger partial charge is 0.330 e. The van der Waals surface area contributed by atoms with Gasteiger partial charge in [-0.25, -0.2) is 4.79 Å². The number of terminal acetylenes is 1. The number of imide groups is 1. The first-order chi connectivity index (χ1) is 8.65. The summed E-state index contributed by atoms with van der Waals surface area (Å²) in [5.74, 6) is 2.35. The first kappa shape index (κ1) is 12.9. The van der Waals surface area contributed by atoms with Crippen molar-refractivity contribution in [2.45, 2.75) is 37.6 Å². The summed E-state index contributed by atoms with van der Waals surface area (Å²) < 4.78 is 0. The van der Waals surface area contributed by atoms with E-state index in [1.807, 2.05) is 0 Å². The first-order valence-electron chi connectivity index (χ1n) is 6.43. The number of carbonyl (C=O) groups excluding carboxylic acids is 2. The Morgan fingerprint density at radius 1 is 1.50 bits per heavy atom. The standard InChI is InChI=1S/C13H19N3O2/c1-2-3-8-16-11(17)13(15-12(16)18)7-5-4-6-10(13)9-14/h1,10H,3-9,14H2,(H,15,18). The minimum atomic E-state index is -0.765. The van der Waals surface area contributed by atoms with Crippen LogP contribution in [0.15, 0.2) is 0 Å². The van der Waals surface area contributed by atoms with Gasteiger partial charge in [0.15, 0.2) is 0 Å². The Kier molecular flexibility index (Phi) is 3.58. The molecule has 2 rings (SSSR count). The van der Waals surface area contributed by atoms with Crippen molar-refractivity contribution in [3.63, 3.8) is 0 Å². The Labute approximate surface area is 107 Å². The summed E-state index contributed by atoms with van der Waals surface area (Å²) in [6.07, 6.45) is 9.17. The molecule has 3 N–H and O–H groups in total. The highest BCUT2D eigenvalue weighted by atomic mass is 16.2. The third-order valence-corrected chi connectivity index (χ3v) is 4.04. The Morgan fingerprint density at radius 2 is 2.28 bits per heavy atom. The van der Waals surface area contributed by atoms with Crippen LogP contribution in [0.25, 0.3) is 0 Å². The van der Waals surface area contributed by atoms with Crippen LogP contribution < -0.4 is 11.1 Å². The summed E-state index contributed by atoms with van der Waals surface area (Å²) in [7, 11) is 0. The molecule has 0 aromatic rings. The van der Waals surface area contributed by atoms with E-state index in [9.17, 15) is 9.59 Å². The number of carbonyl (C=O) groups is 2. The molecule has 0 bridgehead atoms. The number of nitrogens with zero attached hydrogens (tertiary/aromatic N) is 1. The van der Waals surface area contributed by atoms with Crippen LogP contribution >= 0.6 is 0 Å². The van der Waals surface area contributed by atoms with E-state index in [-0.39, 0.29) is 17.9 Å².